The van der Waals surface area contributed by atoms with E-state index >= 15 is 0 Å². The van der Waals surface area contributed by atoms with Crippen molar-refractivity contribution in [1.82, 2.24) is 14.8 Å². The molecule has 0 aliphatic carbocycles. The molecule has 2 saturated heterocycles. The van der Waals surface area contributed by atoms with Gasteiger partial charge in [0.25, 0.3) is 5.89 Å². The molecular weight excluding hydrogens is 458 g/mol. The van der Waals surface area contributed by atoms with Gasteiger partial charge in [-0.05, 0) is 49.6 Å². The van der Waals surface area contributed by atoms with Crippen LogP contribution >= 0.6 is 0 Å². The molecule has 9 nitrogen and oxygen atoms in total. The number of nitriles is 1. The van der Waals surface area contributed by atoms with Crippen molar-refractivity contribution < 1.29 is 18.4 Å². The van der Waals surface area contributed by atoms with Crippen LogP contribution in [-0.2, 0) is 11.3 Å². The van der Waals surface area contributed by atoms with Crippen LogP contribution in [0.5, 0.6) is 5.75 Å². The van der Waals surface area contributed by atoms with Crippen LogP contribution in [0.1, 0.15) is 31.0 Å². The smallest absolute Gasteiger partial charge is 0.266 e. The summed E-state index contributed by atoms with van der Waals surface area (Å²) in [5, 5.41) is 9.52. The molecule has 36 heavy (non-hydrogen) atoms. The highest BCUT2D eigenvalue weighted by Gasteiger charge is 2.32. The molecule has 0 radical (unpaired) electrons. The molecule has 0 saturated carbocycles. The first-order chi connectivity index (χ1) is 17.6. The number of hydrogen-bond acceptors (Lipinski definition) is 8. The number of carbonyl (C=O) groups is 1. The molecule has 2 aliphatic rings. The largest absolute Gasteiger partial charge is 0.494 e. The topological polar surface area (TPSA) is 99.0 Å². The van der Waals surface area contributed by atoms with Crippen LogP contribution in [0.25, 0.3) is 11.7 Å². The first-order valence-electron chi connectivity index (χ1n) is 12.6. The molecule has 9 heteroatoms. The van der Waals surface area contributed by atoms with Crippen LogP contribution in [-0.4, -0.2) is 66.6 Å². The molecule has 1 amide bonds. The Kier molecular flexibility index (Phi) is 7.23. The van der Waals surface area contributed by atoms with Crippen molar-refractivity contribution in [2.75, 3.05) is 50.8 Å². The van der Waals surface area contributed by atoms with Crippen LogP contribution in [0.15, 0.2) is 51.5 Å². The van der Waals surface area contributed by atoms with E-state index in [0.717, 1.165) is 51.3 Å². The second-order valence-corrected chi connectivity index (χ2v) is 9.20. The average Bonchev–Trinajstić information content (AvgIpc) is 3.60. The molecule has 0 unspecified atom stereocenters. The molecule has 188 valence electrons. The molecule has 2 fully saturated rings. The van der Waals surface area contributed by atoms with Gasteiger partial charge in [-0.15, -0.1) is 0 Å². The Balaban J connectivity index is 1.11. The Morgan fingerprint density at radius 1 is 1.11 bits per heavy atom. The van der Waals surface area contributed by atoms with Crippen LogP contribution in [0.4, 0.5) is 5.88 Å². The summed E-state index contributed by atoms with van der Waals surface area (Å²) in [4.78, 5) is 23.9. The Morgan fingerprint density at radius 2 is 1.86 bits per heavy atom. The van der Waals surface area contributed by atoms with E-state index in [1.807, 2.05) is 28.9 Å². The monoisotopic (exact) mass is 489 g/mol. The van der Waals surface area contributed by atoms with Crippen molar-refractivity contribution in [2.45, 2.75) is 26.3 Å². The summed E-state index contributed by atoms with van der Waals surface area (Å²) in [5.74, 6) is 2.38. The van der Waals surface area contributed by atoms with E-state index in [9.17, 15) is 10.1 Å². The van der Waals surface area contributed by atoms with Crippen LogP contribution in [0, 0.1) is 17.2 Å². The molecule has 0 spiro atoms. The highest BCUT2D eigenvalue weighted by atomic mass is 16.5. The number of benzene rings is 1. The number of carbonyl (C=O) groups excluding carboxylic acids is 1. The SMILES string of the molecule is CCOc1ccc(CN2CCN(C(=O)C3CCN(c4oc(-c5ccco5)nc4C#N)CC3)CC2)cc1. The molecular formula is C27H31N5O4. The van der Waals surface area contributed by atoms with Crippen molar-refractivity contribution in [1.29, 1.82) is 5.26 Å². The minimum Gasteiger partial charge on any atom is -0.494 e. The third-order valence-electron chi connectivity index (χ3n) is 6.90. The van der Waals surface area contributed by atoms with Gasteiger partial charge in [-0.1, -0.05) is 12.1 Å². The normalized spacial score (nSPS) is 17.2. The minimum atomic E-state index is -0.00286. The lowest BCUT2D eigenvalue weighted by atomic mass is 9.95. The average molecular weight is 490 g/mol. The molecule has 4 heterocycles. The van der Waals surface area contributed by atoms with Crippen molar-refractivity contribution in [3.8, 4) is 23.5 Å². The van der Waals surface area contributed by atoms with Gasteiger partial charge in [-0.3, -0.25) is 9.69 Å². The zero-order valence-corrected chi connectivity index (χ0v) is 20.6. The fourth-order valence-electron chi connectivity index (χ4n) is 4.93. The van der Waals surface area contributed by atoms with Gasteiger partial charge < -0.3 is 23.4 Å². The first kappa shape index (κ1) is 23.9. The fraction of sp³-hybridized carbons (Fsp3) is 0.444. The van der Waals surface area contributed by atoms with Crippen LogP contribution in [0.3, 0.4) is 0 Å². The summed E-state index contributed by atoms with van der Waals surface area (Å²) < 4.78 is 16.7. The summed E-state index contributed by atoms with van der Waals surface area (Å²) in [6.45, 7) is 8.08. The Hall–Kier alpha value is -3.77. The van der Waals surface area contributed by atoms with Gasteiger partial charge in [0.05, 0.1) is 12.9 Å². The maximum absolute atomic E-state index is 13.2. The summed E-state index contributed by atoms with van der Waals surface area (Å²) in [5.41, 5.74) is 1.50. The van der Waals surface area contributed by atoms with Crippen LogP contribution < -0.4 is 9.64 Å². The molecule has 5 rings (SSSR count). The van der Waals surface area contributed by atoms with E-state index in [0.29, 0.717) is 37.2 Å². The van der Waals surface area contributed by atoms with Gasteiger partial charge in [-0.25, -0.2) is 0 Å². The van der Waals surface area contributed by atoms with Gasteiger partial charge in [0, 0.05) is 51.7 Å². The van der Waals surface area contributed by atoms with Crippen molar-refractivity contribution in [3.63, 3.8) is 0 Å². The van der Waals surface area contributed by atoms with E-state index in [1.54, 1.807) is 18.4 Å². The molecule has 2 aromatic heterocycles. The highest BCUT2D eigenvalue weighted by molar-refractivity contribution is 5.79. The molecule has 0 atom stereocenters. The standard InChI is InChI=1S/C27H31N5O4/c1-2-34-22-7-5-20(6-8-22)19-30-13-15-31(16-14-30)26(33)21-9-11-32(12-10-21)27-23(18-28)29-25(36-27)24-4-3-17-35-24/h3-8,17,21H,2,9-16,19H2,1H3. The molecule has 3 aromatic rings. The number of hydrogen-bond donors (Lipinski definition) is 0. The van der Waals surface area contributed by atoms with E-state index in [4.69, 9.17) is 13.6 Å². The predicted molar refractivity (Wildman–Crippen MR) is 133 cm³/mol. The third kappa shape index (κ3) is 5.24. The third-order valence-corrected chi connectivity index (χ3v) is 6.90. The quantitative estimate of drug-likeness (QED) is 0.495. The maximum Gasteiger partial charge on any atom is 0.266 e. The number of rotatable bonds is 7. The highest BCUT2D eigenvalue weighted by Crippen LogP contribution is 2.31. The number of nitrogens with zero attached hydrogens (tertiary/aromatic N) is 5. The number of piperazine rings is 1. The number of aromatic nitrogens is 1. The summed E-state index contributed by atoms with van der Waals surface area (Å²) >= 11 is 0. The van der Waals surface area contributed by atoms with Gasteiger partial charge >= 0.3 is 0 Å². The molecule has 0 bridgehead atoms. The number of anilines is 1. The van der Waals surface area contributed by atoms with Gasteiger partial charge in [0.1, 0.15) is 11.8 Å². The number of ether oxygens (including phenoxy) is 1. The summed E-state index contributed by atoms with van der Waals surface area (Å²) in [6, 6.07) is 13.9. The lowest BCUT2D eigenvalue weighted by Gasteiger charge is -2.38. The van der Waals surface area contributed by atoms with E-state index < -0.39 is 0 Å². The lowest BCUT2D eigenvalue weighted by Crippen LogP contribution is -2.51. The van der Waals surface area contributed by atoms with E-state index in [1.165, 1.54) is 5.56 Å². The van der Waals surface area contributed by atoms with Crippen LogP contribution in [0.2, 0.25) is 0 Å². The number of oxazole rings is 1. The zero-order valence-electron chi connectivity index (χ0n) is 20.6. The number of amides is 1. The Morgan fingerprint density at radius 3 is 2.50 bits per heavy atom. The second-order valence-electron chi connectivity index (χ2n) is 9.20. The maximum atomic E-state index is 13.2. The summed E-state index contributed by atoms with van der Waals surface area (Å²) in [7, 11) is 0. The first-order valence-corrected chi connectivity index (χ1v) is 12.6. The van der Waals surface area contributed by atoms with Crippen molar-refractivity contribution in [2.24, 2.45) is 5.92 Å². The lowest BCUT2D eigenvalue weighted by molar-refractivity contribution is -0.138. The molecule has 0 N–H and O–H groups in total. The second kappa shape index (κ2) is 10.9. The zero-order chi connectivity index (χ0) is 24.9. The Bertz CT molecular complexity index is 1180. The summed E-state index contributed by atoms with van der Waals surface area (Å²) in [6.07, 6.45) is 3.00. The fourth-order valence-corrected chi connectivity index (χ4v) is 4.93. The predicted octanol–water partition coefficient (Wildman–Crippen LogP) is 3.77. The molecule has 1 aromatic carbocycles. The Labute approximate surface area is 210 Å². The van der Waals surface area contributed by atoms with Gasteiger partial charge in [0.2, 0.25) is 17.5 Å². The van der Waals surface area contributed by atoms with Crippen molar-refractivity contribution >= 4 is 11.8 Å². The van der Waals surface area contributed by atoms with Gasteiger partial charge in [0.15, 0.2) is 5.76 Å². The number of piperidine rings is 1. The molecule has 2 aliphatic heterocycles. The van der Waals surface area contributed by atoms with E-state index in [-0.39, 0.29) is 17.5 Å². The van der Waals surface area contributed by atoms with Crippen molar-refractivity contribution in [3.05, 3.63) is 53.9 Å². The minimum absolute atomic E-state index is 0.00286. The van der Waals surface area contributed by atoms with E-state index in [2.05, 4.69) is 28.1 Å². The van der Waals surface area contributed by atoms with Gasteiger partial charge in [-0.2, -0.15) is 10.2 Å². The number of furan rings is 1.